The maximum atomic E-state index is 11.3. The number of methoxy groups -OCH3 is 1. The number of ether oxygens (including phenoxy) is 2. The van der Waals surface area contributed by atoms with Crippen LogP contribution in [-0.2, 0) is 28.7 Å². The van der Waals surface area contributed by atoms with Crippen LogP contribution in [0.3, 0.4) is 0 Å². The van der Waals surface area contributed by atoms with Gasteiger partial charge in [-0.2, -0.15) is 0 Å². The number of carboxylic acid groups (broad SMARTS) is 1. The van der Waals surface area contributed by atoms with Crippen molar-refractivity contribution in [1.82, 2.24) is 4.90 Å². The van der Waals surface area contributed by atoms with E-state index in [0.29, 0.717) is 4.90 Å². The van der Waals surface area contributed by atoms with Crippen LogP contribution in [0.25, 0.3) is 0 Å². The van der Waals surface area contributed by atoms with Crippen molar-refractivity contribution >= 4 is 23.8 Å². The summed E-state index contributed by atoms with van der Waals surface area (Å²) in [6, 6.07) is 0. The zero-order chi connectivity index (χ0) is 12.5. The van der Waals surface area contributed by atoms with Crippen molar-refractivity contribution in [2.24, 2.45) is 0 Å². The van der Waals surface area contributed by atoms with Crippen molar-refractivity contribution in [3.8, 4) is 0 Å². The average Bonchev–Trinajstić information content (AvgIpc) is 2.17. The Morgan fingerprint density at radius 1 is 1.38 bits per heavy atom. The van der Waals surface area contributed by atoms with E-state index in [9.17, 15) is 19.2 Å². The number of nitrogens with zero attached hydrogens (tertiary/aromatic N) is 1. The summed E-state index contributed by atoms with van der Waals surface area (Å²) in [6.07, 6.45) is -2.44. The first-order valence-corrected chi connectivity index (χ1v) is 4.20. The predicted octanol–water partition coefficient (Wildman–Crippen LogP) is -1.66. The third-order valence-corrected chi connectivity index (χ3v) is 1.94. The molecule has 1 N–H and O–H groups in total. The maximum absolute atomic E-state index is 11.3. The first-order valence-electron chi connectivity index (χ1n) is 4.20. The lowest BCUT2D eigenvalue weighted by molar-refractivity contribution is -0.216. The van der Waals surface area contributed by atoms with Gasteiger partial charge in [-0.1, -0.05) is 0 Å². The summed E-state index contributed by atoms with van der Waals surface area (Å²) in [7, 11) is 1.18. The van der Waals surface area contributed by atoms with Crippen molar-refractivity contribution in [3.63, 3.8) is 0 Å². The molecule has 0 radical (unpaired) electrons. The van der Waals surface area contributed by atoms with Crippen LogP contribution in [0.2, 0.25) is 0 Å². The lowest BCUT2D eigenvalue weighted by Crippen LogP contribution is -2.69. The van der Waals surface area contributed by atoms with Crippen molar-refractivity contribution in [2.75, 3.05) is 7.11 Å². The second kappa shape index (κ2) is 4.27. The minimum Gasteiger partial charge on any atom is -0.474 e. The molecule has 0 unspecified atom stereocenters. The summed E-state index contributed by atoms with van der Waals surface area (Å²) < 4.78 is 9.26. The molecule has 88 valence electrons. The largest absolute Gasteiger partial charge is 0.474 e. The summed E-state index contributed by atoms with van der Waals surface area (Å²) in [6.45, 7) is 1.07. The van der Waals surface area contributed by atoms with E-state index in [2.05, 4.69) is 9.47 Å². The molecule has 1 heterocycles. The third-order valence-electron chi connectivity index (χ3n) is 1.94. The summed E-state index contributed by atoms with van der Waals surface area (Å²) in [5.74, 6) is -4.85. The lowest BCUT2D eigenvalue weighted by Gasteiger charge is -2.41. The molecule has 16 heavy (non-hydrogen) atoms. The van der Waals surface area contributed by atoms with Crippen LogP contribution in [0.4, 0.5) is 0 Å². The Labute approximate surface area is 89.7 Å². The standard InChI is InChI=1S/C8H9NO7/c1-3(10)16-7-4(15-2)5(11)9(7)6(12)8(13)14/h4,7H,1-2H3,(H,13,14)/t4-,7-/m1/s1. The summed E-state index contributed by atoms with van der Waals surface area (Å²) in [5, 5.41) is 8.42. The molecule has 2 amide bonds. The Bertz CT molecular complexity index is 363. The number of amides is 2. The number of β-lactam (4-membered cyclic amide) rings is 1. The quantitative estimate of drug-likeness (QED) is 0.344. The van der Waals surface area contributed by atoms with E-state index in [1.54, 1.807) is 0 Å². The van der Waals surface area contributed by atoms with Gasteiger partial charge in [0.05, 0.1) is 0 Å². The number of carbonyl (C=O) groups is 4. The van der Waals surface area contributed by atoms with Gasteiger partial charge < -0.3 is 14.6 Å². The number of aliphatic carboxylic acids is 1. The fourth-order valence-corrected chi connectivity index (χ4v) is 1.26. The van der Waals surface area contributed by atoms with Crippen LogP contribution in [-0.4, -0.2) is 53.2 Å². The number of esters is 1. The first-order chi connectivity index (χ1) is 7.40. The summed E-state index contributed by atoms with van der Waals surface area (Å²) >= 11 is 0. The van der Waals surface area contributed by atoms with E-state index in [1.165, 1.54) is 7.11 Å². The molecule has 0 saturated carbocycles. The number of hydrogen-bond acceptors (Lipinski definition) is 6. The molecule has 1 aliphatic heterocycles. The van der Waals surface area contributed by atoms with Gasteiger partial charge in [-0.15, -0.1) is 0 Å². The average molecular weight is 231 g/mol. The number of carboxylic acids is 1. The van der Waals surface area contributed by atoms with Crippen molar-refractivity contribution in [3.05, 3.63) is 0 Å². The van der Waals surface area contributed by atoms with Gasteiger partial charge in [0.1, 0.15) is 0 Å². The second-order valence-electron chi connectivity index (χ2n) is 2.97. The molecule has 2 atom stereocenters. The molecule has 0 aromatic carbocycles. The Morgan fingerprint density at radius 3 is 2.31 bits per heavy atom. The van der Waals surface area contributed by atoms with E-state index < -0.39 is 36.1 Å². The highest BCUT2D eigenvalue weighted by Crippen LogP contribution is 2.24. The van der Waals surface area contributed by atoms with Crippen LogP contribution >= 0.6 is 0 Å². The van der Waals surface area contributed by atoms with E-state index in [-0.39, 0.29) is 0 Å². The second-order valence-corrected chi connectivity index (χ2v) is 2.97. The molecule has 1 fully saturated rings. The molecule has 0 spiro atoms. The highest BCUT2D eigenvalue weighted by Gasteiger charge is 2.55. The summed E-state index contributed by atoms with van der Waals surface area (Å²) in [5.41, 5.74) is 0. The molecule has 0 aliphatic carbocycles. The van der Waals surface area contributed by atoms with Gasteiger partial charge in [0, 0.05) is 14.0 Å². The molecule has 8 heteroatoms. The molecular weight excluding hydrogens is 222 g/mol. The Morgan fingerprint density at radius 2 is 1.94 bits per heavy atom. The fourth-order valence-electron chi connectivity index (χ4n) is 1.26. The van der Waals surface area contributed by atoms with Crippen molar-refractivity contribution in [2.45, 2.75) is 19.3 Å². The molecule has 0 aromatic rings. The van der Waals surface area contributed by atoms with Gasteiger partial charge in [-0.25, -0.2) is 9.69 Å². The van der Waals surface area contributed by atoms with Gasteiger partial charge in [-0.3, -0.25) is 14.4 Å². The summed E-state index contributed by atoms with van der Waals surface area (Å²) in [4.78, 5) is 43.7. The smallest absolute Gasteiger partial charge is 0.395 e. The molecule has 1 rings (SSSR count). The molecule has 0 aromatic heterocycles. The SMILES string of the molecule is CO[C@@H]1C(=O)N(C(=O)C(=O)O)[C@@H]1OC(C)=O. The van der Waals surface area contributed by atoms with Gasteiger partial charge in [0.2, 0.25) is 6.23 Å². The van der Waals surface area contributed by atoms with Gasteiger partial charge >= 0.3 is 17.8 Å². The zero-order valence-electron chi connectivity index (χ0n) is 8.50. The van der Waals surface area contributed by atoms with Crippen LogP contribution in [0.1, 0.15) is 6.92 Å². The van der Waals surface area contributed by atoms with Gasteiger partial charge in [-0.05, 0) is 0 Å². The highest BCUT2D eigenvalue weighted by atomic mass is 16.6. The van der Waals surface area contributed by atoms with Gasteiger partial charge in [0.25, 0.3) is 5.91 Å². The van der Waals surface area contributed by atoms with Crippen molar-refractivity contribution in [1.29, 1.82) is 0 Å². The van der Waals surface area contributed by atoms with Crippen LogP contribution < -0.4 is 0 Å². The van der Waals surface area contributed by atoms with Crippen LogP contribution in [0, 0.1) is 0 Å². The minimum absolute atomic E-state index is 0.331. The highest BCUT2D eigenvalue weighted by molar-refractivity contribution is 6.35. The molecule has 8 nitrogen and oxygen atoms in total. The van der Waals surface area contributed by atoms with Crippen LogP contribution in [0.15, 0.2) is 0 Å². The molecule has 0 bridgehead atoms. The number of carbonyl (C=O) groups excluding carboxylic acids is 3. The maximum Gasteiger partial charge on any atom is 0.395 e. The van der Waals surface area contributed by atoms with Crippen molar-refractivity contribution < 1.29 is 33.8 Å². The number of hydrogen-bond donors (Lipinski definition) is 1. The zero-order valence-corrected chi connectivity index (χ0v) is 8.50. The van der Waals surface area contributed by atoms with Crippen LogP contribution in [0.5, 0.6) is 0 Å². The normalized spacial score (nSPS) is 23.6. The van der Waals surface area contributed by atoms with E-state index in [0.717, 1.165) is 6.92 Å². The molecule has 1 saturated heterocycles. The fraction of sp³-hybridized carbons (Fsp3) is 0.500. The number of imide groups is 1. The molecular formula is C8H9NO7. The first kappa shape index (κ1) is 12.1. The molecule has 1 aliphatic rings. The Hall–Kier alpha value is -1.96. The van der Waals surface area contributed by atoms with E-state index >= 15 is 0 Å². The topological polar surface area (TPSA) is 110 Å². The Kier molecular flexibility index (Phi) is 3.23. The van der Waals surface area contributed by atoms with E-state index in [1.807, 2.05) is 0 Å². The number of likely N-dealkylation sites (tertiary alicyclic amines) is 1. The van der Waals surface area contributed by atoms with E-state index in [4.69, 9.17) is 5.11 Å². The number of rotatable bonds is 2. The van der Waals surface area contributed by atoms with Gasteiger partial charge in [0.15, 0.2) is 6.10 Å². The minimum atomic E-state index is -1.81. The Balaban J connectivity index is 2.83. The predicted molar refractivity (Wildman–Crippen MR) is 45.8 cm³/mol. The lowest BCUT2D eigenvalue weighted by atomic mass is 10.1. The monoisotopic (exact) mass is 231 g/mol. The third kappa shape index (κ3) is 1.87.